The van der Waals surface area contributed by atoms with E-state index in [9.17, 15) is 13.2 Å². The molecule has 94 valence electrons. The molecule has 0 bridgehead atoms. The summed E-state index contributed by atoms with van der Waals surface area (Å²) < 4.78 is 43.9. The fourth-order valence-electron chi connectivity index (χ4n) is 2.60. The molecule has 1 saturated carbocycles. The lowest BCUT2D eigenvalue weighted by molar-refractivity contribution is -0.168. The molecule has 1 N–H and O–H groups in total. The van der Waals surface area contributed by atoms with Gasteiger partial charge in [-0.3, -0.25) is 5.32 Å². The summed E-state index contributed by atoms with van der Waals surface area (Å²) in [5.74, 6) is 0.840. The Labute approximate surface area is 97.2 Å². The van der Waals surface area contributed by atoms with Gasteiger partial charge in [-0.25, -0.2) is 0 Å². The summed E-state index contributed by atoms with van der Waals surface area (Å²) in [5, 5.41) is 2.80. The van der Waals surface area contributed by atoms with Gasteiger partial charge in [0, 0.05) is 18.0 Å². The van der Waals surface area contributed by atoms with Gasteiger partial charge in [0.15, 0.2) is 0 Å². The zero-order valence-corrected chi connectivity index (χ0v) is 9.31. The summed E-state index contributed by atoms with van der Waals surface area (Å²) in [6.07, 6.45) is 0.280. The Kier molecular flexibility index (Phi) is 2.30. The van der Waals surface area contributed by atoms with Crippen LogP contribution in [0.5, 0.6) is 0 Å². The molecule has 1 heterocycles. The molecule has 0 aliphatic heterocycles. The first-order valence-electron chi connectivity index (χ1n) is 5.93. The number of aryl methyl sites for hydroxylation is 1. The lowest BCUT2D eigenvalue weighted by Gasteiger charge is -2.29. The van der Waals surface area contributed by atoms with Crippen LogP contribution in [0, 0.1) is 0 Å². The number of fused-ring (bicyclic) bond motifs is 1. The number of hydrogen-bond donors (Lipinski definition) is 1. The van der Waals surface area contributed by atoms with Gasteiger partial charge in [-0.1, -0.05) is 0 Å². The van der Waals surface area contributed by atoms with Crippen molar-refractivity contribution >= 4 is 0 Å². The van der Waals surface area contributed by atoms with Gasteiger partial charge >= 0.3 is 6.18 Å². The number of furan rings is 1. The van der Waals surface area contributed by atoms with Crippen LogP contribution >= 0.6 is 0 Å². The van der Waals surface area contributed by atoms with Crippen LogP contribution in [0.15, 0.2) is 16.7 Å². The lowest BCUT2D eigenvalue weighted by atomic mass is 9.92. The molecule has 3 rings (SSSR count). The Morgan fingerprint density at radius 3 is 2.76 bits per heavy atom. The normalized spacial score (nSPS) is 26.6. The number of halogens is 3. The van der Waals surface area contributed by atoms with Crippen LogP contribution in [0.4, 0.5) is 13.2 Å². The topological polar surface area (TPSA) is 25.2 Å². The number of hydrogen-bond acceptors (Lipinski definition) is 2. The molecule has 2 aliphatic carbocycles. The molecule has 1 atom stereocenters. The molecule has 1 aromatic rings. The molecule has 17 heavy (non-hydrogen) atoms. The SMILES string of the molecule is FC(F)(F)C1(NC2CCCc3occc32)CC1. The quantitative estimate of drug-likeness (QED) is 0.864. The number of alkyl halides is 3. The summed E-state index contributed by atoms with van der Waals surface area (Å²) in [7, 11) is 0. The zero-order chi connectivity index (χ0) is 12.1. The minimum atomic E-state index is -4.14. The van der Waals surface area contributed by atoms with Crippen LogP contribution in [-0.4, -0.2) is 11.7 Å². The molecule has 2 nitrogen and oxygen atoms in total. The molecule has 1 aromatic heterocycles. The number of nitrogens with one attached hydrogen (secondary N) is 1. The van der Waals surface area contributed by atoms with E-state index >= 15 is 0 Å². The maximum Gasteiger partial charge on any atom is 0.406 e. The van der Waals surface area contributed by atoms with Gasteiger partial charge in [0.25, 0.3) is 0 Å². The average Bonchev–Trinajstić information content (AvgIpc) is 2.89. The predicted molar refractivity (Wildman–Crippen MR) is 55.5 cm³/mol. The first kappa shape index (κ1) is 11.1. The van der Waals surface area contributed by atoms with E-state index < -0.39 is 11.7 Å². The second kappa shape index (κ2) is 3.51. The minimum Gasteiger partial charge on any atom is -0.469 e. The van der Waals surface area contributed by atoms with E-state index in [1.807, 2.05) is 0 Å². The van der Waals surface area contributed by atoms with Crippen LogP contribution in [0.3, 0.4) is 0 Å². The van der Waals surface area contributed by atoms with E-state index in [1.54, 1.807) is 12.3 Å². The predicted octanol–water partition coefficient (Wildman–Crippen LogP) is 3.34. The van der Waals surface area contributed by atoms with Crippen molar-refractivity contribution in [1.82, 2.24) is 5.32 Å². The van der Waals surface area contributed by atoms with E-state index in [1.165, 1.54) is 0 Å². The third-order valence-corrected chi connectivity index (χ3v) is 3.80. The van der Waals surface area contributed by atoms with E-state index in [0.29, 0.717) is 0 Å². The van der Waals surface area contributed by atoms with Gasteiger partial charge in [-0.15, -0.1) is 0 Å². The van der Waals surface area contributed by atoms with Gasteiger partial charge in [-0.2, -0.15) is 13.2 Å². The van der Waals surface area contributed by atoms with Gasteiger partial charge in [0.2, 0.25) is 0 Å². The third-order valence-electron chi connectivity index (χ3n) is 3.80. The van der Waals surface area contributed by atoms with Crippen molar-refractivity contribution in [2.24, 2.45) is 0 Å². The Morgan fingerprint density at radius 2 is 2.12 bits per heavy atom. The van der Waals surface area contributed by atoms with E-state index in [4.69, 9.17) is 4.42 Å². The second-order valence-corrected chi connectivity index (χ2v) is 4.97. The third kappa shape index (κ3) is 1.76. The Bertz CT molecular complexity index is 420. The summed E-state index contributed by atoms with van der Waals surface area (Å²) in [5.41, 5.74) is -0.726. The highest BCUT2D eigenvalue weighted by Crippen LogP contribution is 2.51. The molecule has 0 spiro atoms. The van der Waals surface area contributed by atoms with Crippen LogP contribution in [-0.2, 0) is 6.42 Å². The van der Waals surface area contributed by atoms with Crippen molar-refractivity contribution in [2.45, 2.75) is 49.9 Å². The summed E-state index contributed by atoms with van der Waals surface area (Å²) >= 11 is 0. The summed E-state index contributed by atoms with van der Waals surface area (Å²) in [4.78, 5) is 0. The van der Waals surface area contributed by atoms with E-state index in [2.05, 4.69) is 5.32 Å². The molecule has 0 amide bonds. The lowest BCUT2D eigenvalue weighted by Crippen LogP contribution is -2.47. The van der Waals surface area contributed by atoms with Gasteiger partial charge in [-0.05, 0) is 31.7 Å². The Morgan fingerprint density at radius 1 is 1.35 bits per heavy atom. The highest BCUT2D eigenvalue weighted by molar-refractivity contribution is 5.26. The van der Waals surface area contributed by atoms with Gasteiger partial charge in [0.1, 0.15) is 11.3 Å². The largest absolute Gasteiger partial charge is 0.469 e. The monoisotopic (exact) mass is 245 g/mol. The summed E-state index contributed by atoms with van der Waals surface area (Å²) in [6.45, 7) is 0. The molecule has 2 aliphatic rings. The van der Waals surface area contributed by atoms with Crippen molar-refractivity contribution in [1.29, 1.82) is 0 Å². The van der Waals surface area contributed by atoms with Crippen LogP contribution in [0.25, 0.3) is 0 Å². The van der Waals surface area contributed by atoms with E-state index in [-0.39, 0.29) is 18.9 Å². The molecular formula is C12H14F3NO. The zero-order valence-electron chi connectivity index (χ0n) is 9.31. The van der Waals surface area contributed by atoms with Gasteiger partial charge in [0.05, 0.1) is 6.26 Å². The Hall–Kier alpha value is -0.970. The van der Waals surface area contributed by atoms with E-state index in [0.717, 1.165) is 30.6 Å². The molecule has 0 aromatic carbocycles. The van der Waals surface area contributed by atoms with Crippen molar-refractivity contribution in [2.75, 3.05) is 0 Å². The molecule has 1 fully saturated rings. The highest BCUT2D eigenvalue weighted by atomic mass is 19.4. The molecular weight excluding hydrogens is 231 g/mol. The fourth-order valence-corrected chi connectivity index (χ4v) is 2.60. The van der Waals surface area contributed by atoms with Crippen LogP contribution < -0.4 is 5.32 Å². The Balaban J connectivity index is 1.80. The van der Waals surface area contributed by atoms with Crippen molar-refractivity contribution < 1.29 is 17.6 Å². The first-order chi connectivity index (χ1) is 8.02. The first-order valence-corrected chi connectivity index (χ1v) is 5.93. The van der Waals surface area contributed by atoms with Crippen molar-refractivity contribution in [3.05, 3.63) is 23.7 Å². The second-order valence-electron chi connectivity index (χ2n) is 4.97. The van der Waals surface area contributed by atoms with Crippen molar-refractivity contribution in [3.63, 3.8) is 0 Å². The standard InChI is InChI=1S/C12H14F3NO/c13-12(14,15)11(5-6-11)16-9-2-1-3-10-8(9)4-7-17-10/h4,7,9,16H,1-3,5-6H2. The molecule has 5 heteroatoms. The molecule has 0 radical (unpaired) electrons. The maximum atomic E-state index is 12.9. The molecule has 1 unspecified atom stereocenters. The minimum absolute atomic E-state index is 0.195. The maximum absolute atomic E-state index is 12.9. The smallest absolute Gasteiger partial charge is 0.406 e. The highest BCUT2D eigenvalue weighted by Gasteiger charge is 2.63. The van der Waals surface area contributed by atoms with Crippen molar-refractivity contribution in [3.8, 4) is 0 Å². The summed E-state index contributed by atoms with van der Waals surface area (Å²) in [6, 6.07) is 1.58. The fraction of sp³-hybridized carbons (Fsp3) is 0.667. The average molecular weight is 245 g/mol. The molecule has 0 saturated heterocycles. The number of rotatable bonds is 2. The van der Waals surface area contributed by atoms with Crippen LogP contribution in [0.2, 0.25) is 0 Å². The van der Waals surface area contributed by atoms with Gasteiger partial charge < -0.3 is 4.42 Å². The van der Waals surface area contributed by atoms with Crippen LogP contribution in [0.1, 0.15) is 43.0 Å².